The van der Waals surface area contributed by atoms with Crippen LogP contribution in [0.2, 0.25) is 0 Å². The number of carbonyl (C=O) groups excluding carboxylic acids is 2. The van der Waals surface area contributed by atoms with Gasteiger partial charge in [-0.2, -0.15) is 0 Å². The highest BCUT2D eigenvalue weighted by Gasteiger charge is 2.46. The number of amides is 2. The molecule has 0 spiro atoms. The summed E-state index contributed by atoms with van der Waals surface area (Å²) in [6.45, 7) is 5.67. The molecular weight excluding hydrogens is 412 g/mol. The van der Waals surface area contributed by atoms with Crippen LogP contribution in [0.4, 0.5) is 0 Å². The van der Waals surface area contributed by atoms with Gasteiger partial charge in [0.1, 0.15) is 5.69 Å². The van der Waals surface area contributed by atoms with E-state index in [1.807, 2.05) is 30.3 Å². The highest BCUT2D eigenvalue weighted by Crippen LogP contribution is 2.38. The number of aromatic nitrogens is 2. The number of likely N-dealkylation sites (tertiary alicyclic amines) is 1. The van der Waals surface area contributed by atoms with Gasteiger partial charge < -0.3 is 10.2 Å². The Labute approximate surface area is 195 Å². The average molecular weight is 443 g/mol. The lowest BCUT2D eigenvalue weighted by Crippen LogP contribution is -2.46. The zero-order valence-corrected chi connectivity index (χ0v) is 19.2. The summed E-state index contributed by atoms with van der Waals surface area (Å²) < 4.78 is 0. The fourth-order valence-corrected chi connectivity index (χ4v) is 4.44. The molecule has 0 aliphatic carbocycles. The molecule has 1 aliphatic heterocycles. The normalized spacial score (nSPS) is 17.8. The molecule has 2 aromatic heterocycles. The third-order valence-electron chi connectivity index (χ3n) is 6.22. The van der Waals surface area contributed by atoms with E-state index in [9.17, 15) is 9.59 Å². The maximum Gasteiger partial charge on any atom is 0.272 e. The standard InChI is InChI=1S/C27H30N4O2/c1-20(2)18-30-26(33)27(12-16-31(19-27)25(32)24-9-5-6-13-29-24)17-22-7-3-4-8-23(22)21-10-14-28-15-11-21/h3-11,13-15,20H,12,16-19H2,1-2H3,(H,30,33)/t27-/m1/s1. The van der Waals surface area contributed by atoms with Gasteiger partial charge in [0.15, 0.2) is 0 Å². The van der Waals surface area contributed by atoms with Gasteiger partial charge in [0.05, 0.1) is 5.41 Å². The smallest absolute Gasteiger partial charge is 0.272 e. The van der Waals surface area contributed by atoms with E-state index < -0.39 is 5.41 Å². The second kappa shape index (κ2) is 9.94. The molecule has 1 aliphatic rings. The molecule has 0 saturated carbocycles. The summed E-state index contributed by atoms with van der Waals surface area (Å²) in [7, 11) is 0. The Bertz CT molecular complexity index is 1100. The molecule has 1 atom stereocenters. The molecule has 6 heteroatoms. The summed E-state index contributed by atoms with van der Waals surface area (Å²) in [6.07, 6.45) is 6.35. The minimum Gasteiger partial charge on any atom is -0.355 e. The Kier molecular flexibility index (Phi) is 6.82. The van der Waals surface area contributed by atoms with Crippen molar-refractivity contribution in [2.24, 2.45) is 11.3 Å². The van der Waals surface area contributed by atoms with Crippen molar-refractivity contribution in [3.63, 3.8) is 0 Å². The summed E-state index contributed by atoms with van der Waals surface area (Å²) in [5.41, 5.74) is 2.97. The highest BCUT2D eigenvalue weighted by molar-refractivity contribution is 5.94. The van der Waals surface area contributed by atoms with E-state index in [4.69, 9.17) is 0 Å². The fourth-order valence-electron chi connectivity index (χ4n) is 4.44. The first kappa shape index (κ1) is 22.6. The summed E-state index contributed by atoms with van der Waals surface area (Å²) in [4.78, 5) is 36.8. The minimum absolute atomic E-state index is 0.0112. The first-order valence-electron chi connectivity index (χ1n) is 11.5. The summed E-state index contributed by atoms with van der Waals surface area (Å²) in [6, 6.07) is 17.5. The maximum atomic E-state index is 13.6. The number of rotatable bonds is 7. The van der Waals surface area contributed by atoms with E-state index in [2.05, 4.69) is 41.3 Å². The SMILES string of the molecule is CC(C)CNC(=O)[C@@]1(Cc2ccccc2-c2ccncc2)CCN(C(=O)c2ccccn2)C1. The number of hydrogen-bond donors (Lipinski definition) is 1. The van der Waals surface area contributed by atoms with Gasteiger partial charge in [-0.25, -0.2) is 0 Å². The summed E-state index contributed by atoms with van der Waals surface area (Å²) >= 11 is 0. The number of benzene rings is 1. The molecule has 2 amide bonds. The van der Waals surface area contributed by atoms with Crippen LogP contribution in [-0.4, -0.2) is 46.3 Å². The molecule has 0 unspecified atom stereocenters. The van der Waals surface area contributed by atoms with Gasteiger partial charge in [-0.1, -0.05) is 44.2 Å². The van der Waals surface area contributed by atoms with Gasteiger partial charge in [-0.15, -0.1) is 0 Å². The zero-order chi connectivity index (χ0) is 23.3. The lowest BCUT2D eigenvalue weighted by molar-refractivity contribution is -0.130. The Morgan fingerprint density at radius 3 is 2.52 bits per heavy atom. The molecule has 3 aromatic rings. The van der Waals surface area contributed by atoms with Crippen molar-refractivity contribution in [1.29, 1.82) is 0 Å². The number of pyridine rings is 2. The van der Waals surface area contributed by atoms with E-state index in [1.54, 1.807) is 35.6 Å². The van der Waals surface area contributed by atoms with Crippen LogP contribution < -0.4 is 5.32 Å². The molecule has 0 bridgehead atoms. The molecule has 0 radical (unpaired) electrons. The number of carbonyl (C=O) groups is 2. The molecule has 1 fully saturated rings. The third-order valence-corrected chi connectivity index (χ3v) is 6.22. The van der Waals surface area contributed by atoms with Crippen molar-refractivity contribution < 1.29 is 9.59 Å². The largest absolute Gasteiger partial charge is 0.355 e. The van der Waals surface area contributed by atoms with Gasteiger partial charge in [0.25, 0.3) is 5.91 Å². The Morgan fingerprint density at radius 1 is 1.03 bits per heavy atom. The van der Waals surface area contributed by atoms with Gasteiger partial charge in [-0.3, -0.25) is 19.6 Å². The Hall–Kier alpha value is -3.54. The van der Waals surface area contributed by atoms with Crippen LogP contribution >= 0.6 is 0 Å². The van der Waals surface area contributed by atoms with Crippen molar-refractivity contribution in [3.8, 4) is 11.1 Å². The van der Waals surface area contributed by atoms with E-state index >= 15 is 0 Å². The molecular formula is C27H30N4O2. The lowest BCUT2D eigenvalue weighted by atomic mass is 9.78. The van der Waals surface area contributed by atoms with E-state index in [1.165, 1.54) is 0 Å². The number of nitrogens with zero attached hydrogens (tertiary/aromatic N) is 3. The van der Waals surface area contributed by atoms with E-state index in [0.29, 0.717) is 44.1 Å². The van der Waals surface area contributed by atoms with Crippen LogP contribution in [0.1, 0.15) is 36.3 Å². The first-order chi connectivity index (χ1) is 16.0. The topological polar surface area (TPSA) is 75.2 Å². The van der Waals surface area contributed by atoms with Gasteiger partial charge in [0, 0.05) is 38.2 Å². The predicted octanol–water partition coefficient (Wildman–Crippen LogP) is 3.99. The molecule has 33 heavy (non-hydrogen) atoms. The van der Waals surface area contributed by atoms with Crippen LogP contribution in [0.25, 0.3) is 11.1 Å². The van der Waals surface area contributed by atoms with Crippen LogP contribution in [0.5, 0.6) is 0 Å². The Morgan fingerprint density at radius 2 is 1.79 bits per heavy atom. The van der Waals surface area contributed by atoms with Crippen molar-refractivity contribution in [3.05, 3.63) is 84.4 Å². The van der Waals surface area contributed by atoms with E-state index in [-0.39, 0.29) is 11.8 Å². The molecule has 3 heterocycles. The van der Waals surface area contributed by atoms with E-state index in [0.717, 1.165) is 16.7 Å². The highest BCUT2D eigenvalue weighted by atomic mass is 16.2. The molecule has 6 nitrogen and oxygen atoms in total. The molecule has 1 saturated heterocycles. The Balaban J connectivity index is 1.65. The lowest BCUT2D eigenvalue weighted by Gasteiger charge is -2.29. The minimum atomic E-state index is -0.692. The zero-order valence-electron chi connectivity index (χ0n) is 19.2. The van der Waals surface area contributed by atoms with Gasteiger partial charge in [-0.05, 0) is 59.7 Å². The predicted molar refractivity (Wildman–Crippen MR) is 128 cm³/mol. The monoisotopic (exact) mass is 442 g/mol. The van der Waals surface area contributed by atoms with Crippen LogP contribution in [0, 0.1) is 11.3 Å². The van der Waals surface area contributed by atoms with Crippen LogP contribution in [0.15, 0.2) is 73.2 Å². The molecule has 170 valence electrons. The fraction of sp³-hybridized carbons (Fsp3) is 0.333. The second-order valence-electron chi connectivity index (χ2n) is 9.15. The van der Waals surface area contributed by atoms with Crippen LogP contribution in [0.3, 0.4) is 0 Å². The first-order valence-corrected chi connectivity index (χ1v) is 11.5. The molecule has 1 N–H and O–H groups in total. The quantitative estimate of drug-likeness (QED) is 0.600. The number of nitrogens with one attached hydrogen (secondary N) is 1. The van der Waals surface area contributed by atoms with Crippen LogP contribution in [-0.2, 0) is 11.2 Å². The average Bonchev–Trinajstić information content (AvgIpc) is 3.28. The molecule has 1 aromatic carbocycles. The summed E-state index contributed by atoms with van der Waals surface area (Å²) in [5, 5.41) is 3.14. The maximum absolute atomic E-state index is 13.6. The van der Waals surface area contributed by atoms with Gasteiger partial charge >= 0.3 is 0 Å². The van der Waals surface area contributed by atoms with Crippen molar-refractivity contribution in [1.82, 2.24) is 20.2 Å². The van der Waals surface area contributed by atoms with Crippen molar-refractivity contribution in [2.45, 2.75) is 26.7 Å². The second-order valence-corrected chi connectivity index (χ2v) is 9.15. The van der Waals surface area contributed by atoms with Crippen molar-refractivity contribution in [2.75, 3.05) is 19.6 Å². The summed E-state index contributed by atoms with van der Waals surface area (Å²) in [5.74, 6) is 0.233. The van der Waals surface area contributed by atoms with Gasteiger partial charge in [0.2, 0.25) is 5.91 Å². The molecule has 4 rings (SSSR count). The number of hydrogen-bond acceptors (Lipinski definition) is 4. The third kappa shape index (κ3) is 5.11. The van der Waals surface area contributed by atoms with Crippen molar-refractivity contribution >= 4 is 11.8 Å².